The molecule has 0 heterocycles. The van der Waals surface area contributed by atoms with Crippen molar-refractivity contribution < 1.29 is 35.4 Å². The first-order chi connectivity index (χ1) is 20.6. The summed E-state index contributed by atoms with van der Waals surface area (Å²) in [6.07, 6.45) is 1.64. The molecule has 0 saturated carbocycles. The van der Waals surface area contributed by atoms with E-state index in [4.69, 9.17) is 18.6 Å². The summed E-state index contributed by atoms with van der Waals surface area (Å²) in [4.78, 5) is 0. The van der Waals surface area contributed by atoms with Gasteiger partial charge < -0.3 is 9.47 Å². The fourth-order valence-corrected chi connectivity index (χ4v) is 6.92. The lowest BCUT2D eigenvalue weighted by atomic mass is 9.68. The van der Waals surface area contributed by atoms with Crippen molar-refractivity contribution in [3.8, 4) is 22.6 Å². The molecule has 43 heavy (non-hydrogen) atoms. The van der Waals surface area contributed by atoms with Gasteiger partial charge in [0.05, 0.1) is 30.1 Å². The molecule has 4 aromatic carbocycles. The van der Waals surface area contributed by atoms with Crippen LogP contribution in [0.5, 0.6) is 11.5 Å². The number of fused-ring (bicyclic) bond motifs is 3. The predicted molar refractivity (Wildman–Crippen MR) is 166 cm³/mol. The zero-order valence-corrected chi connectivity index (χ0v) is 25.2. The number of unbranched alkanes of at least 4 members (excludes halogenated alkanes) is 2. The van der Waals surface area contributed by atoms with Gasteiger partial charge in [-0.15, -0.1) is 0 Å². The summed E-state index contributed by atoms with van der Waals surface area (Å²) in [5.74, 6) is 0.773. The van der Waals surface area contributed by atoms with Gasteiger partial charge in [0.25, 0.3) is 20.2 Å². The molecule has 4 aromatic rings. The topological polar surface area (TPSA) is 127 Å². The first kappa shape index (κ1) is 30.7. The SMILES string of the molecule is O=S(=O)(O)CCCCOc1ccc(C2(c3ccc(OCCCCS(=O)(=O)O)cc3)c3ccccc3-c3ccccc32)cc1. The van der Waals surface area contributed by atoms with Crippen molar-refractivity contribution in [2.45, 2.75) is 31.1 Å². The van der Waals surface area contributed by atoms with Crippen LogP contribution in [0.25, 0.3) is 11.1 Å². The van der Waals surface area contributed by atoms with Crippen LogP contribution in [0.15, 0.2) is 97.1 Å². The zero-order valence-electron chi connectivity index (χ0n) is 23.6. The zero-order chi connectivity index (χ0) is 30.5. The van der Waals surface area contributed by atoms with Crippen LogP contribution >= 0.6 is 0 Å². The Morgan fingerprint density at radius 1 is 0.512 bits per heavy atom. The van der Waals surface area contributed by atoms with Crippen molar-refractivity contribution in [3.05, 3.63) is 119 Å². The van der Waals surface area contributed by atoms with Crippen molar-refractivity contribution in [2.24, 2.45) is 0 Å². The normalized spacial score (nSPS) is 13.7. The molecule has 0 aromatic heterocycles. The number of benzene rings is 4. The van der Waals surface area contributed by atoms with Crippen molar-refractivity contribution in [3.63, 3.8) is 0 Å². The molecule has 2 N–H and O–H groups in total. The second-order valence-corrected chi connectivity index (χ2v) is 13.7. The molecule has 0 spiro atoms. The lowest BCUT2D eigenvalue weighted by molar-refractivity contribution is 0.309. The van der Waals surface area contributed by atoms with Crippen LogP contribution in [-0.4, -0.2) is 50.7 Å². The first-order valence-corrected chi connectivity index (χ1v) is 17.4. The first-order valence-electron chi connectivity index (χ1n) is 14.1. The molecule has 0 unspecified atom stereocenters. The largest absolute Gasteiger partial charge is 0.494 e. The number of rotatable bonds is 14. The summed E-state index contributed by atoms with van der Waals surface area (Å²) >= 11 is 0. The summed E-state index contributed by atoms with van der Waals surface area (Å²) in [5, 5.41) is 0. The Morgan fingerprint density at radius 2 is 0.884 bits per heavy atom. The highest BCUT2D eigenvalue weighted by Crippen LogP contribution is 2.56. The third kappa shape index (κ3) is 7.10. The Labute approximate surface area is 252 Å². The number of ether oxygens (including phenoxy) is 2. The van der Waals surface area contributed by atoms with E-state index in [0.29, 0.717) is 50.4 Å². The van der Waals surface area contributed by atoms with Crippen LogP contribution in [0.3, 0.4) is 0 Å². The Bertz CT molecular complexity index is 1630. The Morgan fingerprint density at radius 3 is 1.26 bits per heavy atom. The highest BCUT2D eigenvalue weighted by Gasteiger charge is 2.45. The molecule has 8 nitrogen and oxygen atoms in total. The minimum atomic E-state index is -3.97. The Kier molecular flexibility index (Phi) is 9.22. The molecule has 10 heteroatoms. The maximum absolute atomic E-state index is 11.0. The maximum atomic E-state index is 11.0. The van der Waals surface area contributed by atoms with E-state index in [1.165, 1.54) is 0 Å². The molecule has 0 amide bonds. The van der Waals surface area contributed by atoms with Gasteiger partial charge in [-0.1, -0.05) is 72.8 Å². The minimum absolute atomic E-state index is 0.283. The summed E-state index contributed by atoms with van der Waals surface area (Å²) < 4.78 is 73.4. The van der Waals surface area contributed by atoms with E-state index in [1.807, 2.05) is 48.5 Å². The average molecular weight is 623 g/mol. The van der Waals surface area contributed by atoms with Gasteiger partial charge in [0, 0.05) is 0 Å². The summed E-state index contributed by atoms with van der Waals surface area (Å²) in [6.45, 7) is 0.673. The van der Waals surface area contributed by atoms with Gasteiger partial charge in [0.15, 0.2) is 0 Å². The lowest BCUT2D eigenvalue weighted by Gasteiger charge is -2.34. The molecule has 0 bridgehead atoms. The van der Waals surface area contributed by atoms with E-state index < -0.39 is 25.7 Å². The molecule has 0 saturated heterocycles. The maximum Gasteiger partial charge on any atom is 0.264 e. The smallest absolute Gasteiger partial charge is 0.264 e. The van der Waals surface area contributed by atoms with Crippen molar-refractivity contribution in [1.82, 2.24) is 0 Å². The average Bonchev–Trinajstić information content (AvgIpc) is 3.28. The van der Waals surface area contributed by atoms with Crippen LogP contribution in [0.4, 0.5) is 0 Å². The second-order valence-electron chi connectivity index (χ2n) is 10.6. The van der Waals surface area contributed by atoms with Gasteiger partial charge in [-0.3, -0.25) is 9.11 Å². The van der Waals surface area contributed by atoms with Crippen LogP contribution in [-0.2, 0) is 25.7 Å². The quantitative estimate of drug-likeness (QED) is 0.112. The van der Waals surface area contributed by atoms with Gasteiger partial charge in [0.1, 0.15) is 11.5 Å². The van der Waals surface area contributed by atoms with Crippen LogP contribution in [0.1, 0.15) is 47.9 Å². The van der Waals surface area contributed by atoms with Gasteiger partial charge in [-0.25, -0.2) is 0 Å². The van der Waals surface area contributed by atoms with Crippen LogP contribution < -0.4 is 9.47 Å². The van der Waals surface area contributed by atoms with Gasteiger partial charge in [-0.05, 0) is 83.3 Å². The third-order valence-corrected chi connectivity index (χ3v) is 9.27. The van der Waals surface area contributed by atoms with Crippen molar-refractivity contribution in [2.75, 3.05) is 24.7 Å². The van der Waals surface area contributed by atoms with Gasteiger partial charge >= 0.3 is 0 Å². The van der Waals surface area contributed by atoms with E-state index in [0.717, 1.165) is 33.4 Å². The minimum Gasteiger partial charge on any atom is -0.494 e. The van der Waals surface area contributed by atoms with Crippen molar-refractivity contribution >= 4 is 20.2 Å². The van der Waals surface area contributed by atoms with E-state index >= 15 is 0 Å². The van der Waals surface area contributed by atoms with Crippen LogP contribution in [0, 0.1) is 0 Å². The molecule has 0 atom stereocenters. The summed E-state index contributed by atoms with van der Waals surface area (Å²) in [5.41, 5.74) is 6.16. The van der Waals surface area contributed by atoms with Crippen molar-refractivity contribution in [1.29, 1.82) is 0 Å². The second kappa shape index (κ2) is 12.9. The summed E-state index contributed by atoms with van der Waals surface area (Å²) in [7, 11) is -7.95. The fourth-order valence-electron chi connectivity index (χ4n) is 5.78. The predicted octanol–water partition coefficient (Wildman–Crippen LogP) is 6.14. The number of hydrogen-bond acceptors (Lipinski definition) is 6. The molecule has 0 fully saturated rings. The summed E-state index contributed by atoms with van der Waals surface area (Å²) in [6, 6.07) is 32.7. The van der Waals surface area contributed by atoms with E-state index in [9.17, 15) is 16.8 Å². The molecule has 5 rings (SSSR count). The molecule has 0 radical (unpaired) electrons. The highest BCUT2D eigenvalue weighted by atomic mass is 32.2. The van der Waals surface area contributed by atoms with Gasteiger partial charge in [0.2, 0.25) is 0 Å². The Balaban J connectivity index is 1.43. The molecule has 0 aliphatic heterocycles. The lowest BCUT2D eigenvalue weighted by Crippen LogP contribution is -2.28. The molecule has 1 aliphatic rings. The molecule has 226 valence electrons. The molecular weight excluding hydrogens is 588 g/mol. The van der Waals surface area contributed by atoms with E-state index in [-0.39, 0.29) is 11.5 Å². The third-order valence-electron chi connectivity index (χ3n) is 7.66. The van der Waals surface area contributed by atoms with E-state index in [1.54, 1.807) is 0 Å². The standard InChI is InChI=1S/C33H34O8S2/c34-42(35,36)23-7-5-21-40-27-17-13-25(14-18-27)33(31-11-3-1-9-29(31)30-10-2-4-12-32(30)33)26-15-19-28(20-16-26)41-22-6-8-24-43(37,38)39/h1-4,9-20H,5-8,21-24H2,(H,34,35,36)(H,37,38,39). The Hall–Kier alpha value is -3.70. The number of hydrogen-bond donors (Lipinski definition) is 2. The molecular formula is C33H34O8S2. The van der Waals surface area contributed by atoms with E-state index in [2.05, 4.69) is 48.5 Å². The highest BCUT2D eigenvalue weighted by molar-refractivity contribution is 7.86. The monoisotopic (exact) mass is 622 g/mol. The molecule has 1 aliphatic carbocycles. The van der Waals surface area contributed by atoms with Crippen LogP contribution in [0.2, 0.25) is 0 Å². The van der Waals surface area contributed by atoms with Gasteiger partial charge in [-0.2, -0.15) is 16.8 Å². The fraction of sp³-hybridized carbons (Fsp3) is 0.273.